The molecule has 3 aromatic heterocycles. The summed E-state index contributed by atoms with van der Waals surface area (Å²) < 4.78 is 45.9. The second-order valence-electron chi connectivity index (χ2n) is 8.07. The molecule has 0 atom stereocenters. The van der Waals surface area contributed by atoms with E-state index >= 15 is 4.39 Å². The molecule has 0 aliphatic heterocycles. The summed E-state index contributed by atoms with van der Waals surface area (Å²) in [6.07, 6.45) is 6.97. The Kier molecular flexibility index (Phi) is 4.01. The molecule has 3 heterocycles. The van der Waals surface area contributed by atoms with Crippen molar-refractivity contribution >= 4 is 27.8 Å². The Bertz CT molecular complexity index is 1520. The van der Waals surface area contributed by atoms with Gasteiger partial charge in [-0.2, -0.15) is 5.10 Å². The molecule has 6 nitrogen and oxygen atoms in total. The van der Waals surface area contributed by atoms with Gasteiger partial charge in [0.1, 0.15) is 23.6 Å². The van der Waals surface area contributed by atoms with E-state index in [0.29, 0.717) is 50.5 Å². The number of nitrogens with zero attached hydrogens (tertiary/aromatic N) is 5. The molecule has 1 saturated carbocycles. The molecule has 1 aliphatic carbocycles. The van der Waals surface area contributed by atoms with Crippen LogP contribution >= 0.6 is 0 Å². The molecule has 9 heteroatoms. The maximum Gasteiger partial charge on any atom is 0.159 e. The van der Waals surface area contributed by atoms with Gasteiger partial charge in [0.15, 0.2) is 11.6 Å². The molecule has 1 aliphatic rings. The Morgan fingerprint density at radius 3 is 2.59 bits per heavy atom. The monoisotopic (exact) mass is 434 g/mol. The Hall–Kier alpha value is -3.88. The van der Waals surface area contributed by atoms with Gasteiger partial charge in [-0.3, -0.25) is 4.68 Å². The van der Waals surface area contributed by atoms with E-state index in [0.717, 1.165) is 25.0 Å². The first-order valence-corrected chi connectivity index (χ1v) is 10.2. The van der Waals surface area contributed by atoms with Gasteiger partial charge in [0.25, 0.3) is 0 Å². The Labute approximate surface area is 180 Å². The Balaban J connectivity index is 1.46. The quantitative estimate of drug-likeness (QED) is 0.440. The minimum Gasteiger partial charge on any atom is -0.383 e. The highest BCUT2D eigenvalue weighted by Crippen LogP contribution is 2.43. The maximum absolute atomic E-state index is 15.7. The van der Waals surface area contributed by atoms with E-state index in [4.69, 9.17) is 5.73 Å². The molecule has 6 rings (SSSR count). The predicted molar refractivity (Wildman–Crippen MR) is 114 cm³/mol. The van der Waals surface area contributed by atoms with E-state index in [1.807, 2.05) is 10.8 Å². The van der Waals surface area contributed by atoms with Gasteiger partial charge in [-0.25, -0.2) is 23.1 Å². The van der Waals surface area contributed by atoms with Crippen molar-refractivity contribution in [2.24, 2.45) is 0 Å². The average Bonchev–Trinajstić information content (AvgIpc) is 3.41. The zero-order valence-electron chi connectivity index (χ0n) is 16.8. The number of benzene rings is 2. The van der Waals surface area contributed by atoms with E-state index in [1.54, 1.807) is 18.3 Å². The van der Waals surface area contributed by atoms with Gasteiger partial charge in [-0.05, 0) is 42.7 Å². The van der Waals surface area contributed by atoms with E-state index in [2.05, 4.69) is 15.1 Å². The first-order chi connectivity index (χ1) is 15.5. The van der Waals surface area contributed by atoms with Crippen LogP contribution in [0.1, 0.15) is 24.4 Å². The van der Waals surface area contributed by atoms with E-state index in [-0.39, 0.29) is 6.54 Å². The molecule has 0 spiro atoms. The van der Waals surface area contributed by atoms with Crippen LogP contribution in [0.25, 0.3) is 33.1 Å². The third kappa shape index (κ3) is 2.92. The van der Waals surface area contributed by atoms with Crippen LogP contribution in [0, 0.1) is 17.5 Å². The highest BCUT2D eigenvalue weighted by atomic mass is 19.2. The molecule has 0 bridgehead atoms. The molecule has 0 amide bonds. The number of nitrogen functional groups attached to an aromatic ring is 1. The molecule has 0 radical (unpaired) electrons. The molecule has 32 heavy (non-hydrogen) atoms. The summed E-state index contributed by atoms with van der Waals surface area (Å²) in [4.78, 5) is 8.48. The second kappa shape index (κ2) is 6.81. The standard InChI is InChI=1S/C23H17F3N6/c24-17-5-1-12(7-18(17)25)8-31-9-16-19(30-31)6-4-14(21(16)26)15-10-32(13-2-3-13)23-20(15)22(27)28-11-29-23/h1,4-7,9-11,13H,2-3,8H2,(H2,27,28,29). The maximum atomic E-state index is 15.7. The number of hydrogen-bond donors (Lipinski definition) is 1. The van der Waals surface area contributed by atoms with Gasteiger partial charge in [0.2, 0.25) is 0 Å². The van der Waals surface area contributed by atoms with Gasteiger partial charge in [-0.15, -0.1) is 0 Å². The molecule has 1 fully saturated rings. The molecule has 0 unspecified atom stereocenters. The fourth-order valence-corrected chi connectivity index (χ4v) is 4.17. The summed E-state index contributed by atoms with van der Waals surface area (Å²) >= 11 is 0. The van der Waals surface area contributed by atoms with Crippen LogP contribution < -0.4 is 5.73 Å². The highest BCUT2D eigenvalue weighted by molar-refractivity contribution is 6.02. The SMILES string of the molecule is Nc1ncnc2c1c(-c1ccc3nn(Cc4ccc(F)c(F)c4)cc3c1F)cn2C1CC1. The van der Waals surface area contributed by atoms with Gasteiger partial charge in [0.05, 0.1) is 22.8 Å². The van der Waals surface area contributed by atoms with Crippen LogP contribution in [-0.2, 0) is 6.54 Å². The smallest absolute Gasteiger partial charge is 0.159 e. The van der Waals surface area contributed by atoms with Crippen molar-refractivity contribution in [2.75, 3.05) is 5.73 Å². The van der Waals surface area contributed by atoms with Gasteiger partial charge in [-0.1, -0.05) is 6.07 Å². The number of anilines is 1. The third-order valence-corrected chi connectivity index (χ3v) is 5.87. The summed E-state index contributed by atoms with van der Waals surface area (Å²) in [6, 6.07) is 7.39. The fraction of sp³-hybridized carbons (Fsp3) is 0.174. The van der Waals surface area contributed by atoms with Crippen molar-refractivity contribution in [1.82, 2.24) is 24.3 Å². The second-order valence-corrected chi connectivity index (χ2v) is 8.07. The van der Waals surface area contributed by atoms with Crippen molar-refractivity contribution in [3.8, 4) is 11.1 Å². The average molecular weight is 434 g/mol. The molecule has 0 saturated heterocycles. The van der Waals surface area contributed by atoms with Gasteiger partial charge >= 0.3 is 0 Å². The zero-order valence-corrected chi connectivity index (χ0v) is 16.8. The first kappa shape index (κ1) is 18.9. The zero-order chi connectivity index (χ0) is 22.0. The van der Waals surface area contributed by atoms with Crippen LogP contribution in [-0.4, -0.2) is 24.3 Å². The fourth-order valence-electron chi connectivity index (χ4n) is 4.17. The minimum atomic E-state index is -0.931. The van der Waals surface area contributed by atoms with Crippen LogP contribution in [0.15, 0.2) is 49.1 Å². The van der Waals surface area contributed by atoms with Crippen molar-refractivity contribution in [3.63, 3.8) is 0 Å². The molecular weight excluding hydrogens is 417 g/mol. The topological polar surface area (TPSA) is 74.6 Å². The summed E-state index contributed by atoms with van der Waals surface area (Å²) in [5.74, 6) is -1.97. The highest BCUT2D eigenvalue weighted by Gasteiger charge is 2.28. The first-order valence-electron chi connectivity index (χ1n) is 10.2. The summed E-state index contributed by atoms with van der Waals surface area (Å²) in [6.45, 7) is 0.183. The number of nitrogens with two attached hydrogens (primary N) is 1. The Morgan fingerprint density at radius 2 is 1.81 bits per heavy atom. The summed E-state index contributed by atoms with van der Waals surface area (Å²) in [5.41, 5.74) is 8.85. The number of hydrogen-bond acceptors (Lipinski definition) is 4. The Morgan fingerprint density at radius 1 is 0.969 bits per heavy atom. The van der Waals surface area contributed by atoms with Crippen LogP contribution in [0.5, 0.6) is 0 Å². The van der Waals surface area contributed by atoms with Crippen molar-refractivity contribution in [1.29, 1.82) is 0 Å². The molecule has 2 aromatic carbocycles. The number of fused-ring (bicyclic) bond motifs is 2. The van der Waals surface area contributed by atoms with E-state index in [9.17, 15) is 8.78 Å². The van der Waals surface area contributed by atoms with E-state index in [1.165, 1.54) is 17.1 Å². The molecule has 160 valence electrons. The van der Waals surface area contributed by atoms with Crippen molar-refractivity contribution in [2.45, 2.75) is 25.4 Å². The molecule has 5 aromatic rings. The lowest BCUT2D eigenvalue weighted by molar-refractivity contribution is 0.506. The number of aromatic nitrogens is 5. The number of halogens is 3. The third-order valence-electron chi connectivity index (χ3n) is 5.87. The largest absolute Gasteiger partial charge is 0.383 e. The lowest BCUT2D eigenvalue weighted by Crippen LogP contribution is -2.00. The van der Waals surface area contributed by atoms with Crippen molar-refractivity contribution in [3.05, 3.63) is 72.1 Å². The molecule has 2 N–H and O–H groups in total. The minimum absolute atomic E-state index is 0.183. The predicted octanol–water partition coefficient (Wildman–Crippen LogP) is 4.83. The normalized spacial score (nSPS) is 14.0. The van der Waals surface area contributed by atoms with Crippen LogP contribution in [0.3, 0.4) is 0 Å². The summed E-state index contributed by atoms with van der Waals surface area (Å²) in [5, 5.41) is 5.34. The van der Waals surface area contributed by atoms with Gasteiger partial charge in [0, 0.05) is 29.6 Å². The van der Waals surface area contributed by atoms with E-state index < -0.39 is 17.5 Å². The van der Waals surface area contributed by atoms with Gasteiger partial charge < -0.3 is 10.3 Å². The number of rotatable bonds is 4. The lowest BCUT2D eigenvalue weighted by Gasteiger charge is -2.03. The van der Waals surface area contributed by atoms with Crippen molar-refractivity contribution < 1.29 is 13.2 Å². The van der Waals surface area contributed by atoms with Crippen LogP contribution in [0.4, 0.5) is 19.0 Å². The lowest BCUT2D eigenvalue weighted by atomic mass is 10.0. The molecular formula is C23H17F3N6. The summed E-state index contributed by atoms with van der Waals surface area (Å²) in [7, 11) is 0. The van der Waals surface area contributed by atoms with Crippen LogP contribution in [0.2, 0.25) is 0 Å².